The van der Waals surface area contributed by atoms with E-state index >= 15 is 0 Å². The summed E-state index contributed by atoms with van der Waals surface area (Å²) in [6, 6.07) is 0. The van der Waals surface area contributed by atoms with Crippen molar-refractivity contribution >= 4 is 32.2 Å². The van der Waals surface area contributed by atoms with E-state index in [1.54, 1.807) is 32.3 Å². The fourth-order valence-corrected chi connectivity index (χ4v) is 5.26. The number of anilines is 1. The molecule has 30 heavy (non-hydrogen) atoms. The average molecular weight is 461 g/mol. The molecule has 3 unspecified atom stereocenters. The Hall–Kier alpha value is -1.39. The van der Waals surface area contributed by atoms with Crippen LogP contribution >= 0.6 is 15.2 Å². The summed E-state index contributed by atoms with van der Waals surface area (Å²) in [5.41, 5.74) is 4.02. The summed E-state index contributed by atoms with van der Waals surface area (Å²) >= 11 is 0. The molecule has 0 amide bonds. The fourth-order valence-electron chi connectivity index (χ4n) is 3.42. The lowest BCUT2D eigenvalue weighted by Crippen LogP contribution is -2.25. The highest BCUT2D eigenvalue weighted by Gasteiger charge is 2.77. The van der Waals surface area contributed by atoms with Gasteiger partial charge in [0.25, 0.3) is 0 Å². The lowest BCUT2D eigenvalue weighted by atomic mass is 10.2. The molecular weight excluding hydrogens is 436 g/mol. The van der Waals surface area contributed by atoms with E-state index in [-0.39, 0.29) is 12.2 Å². The standard InChI is InChI=1S/C16H25N5O7P2/c1-8(2)29(22,23)27-13-12-16(13,28-30(24,25)9(3)4)5-10(26-12)21-7-20-11-14(17)18-6-19-15(11)21/h6-10,12-13H,5H2,1-4H3,(H,22,23)(H,24,25)(H2,17,18,19)/t10-,12-,13?,16+/m1/s1. The average Bonchev–Trinajstić information content (AvgIpc) is 3.00. The molecule has 6 atom stereocenters. The van der Waals surface area contributed by atoms with Gasteiger partial charge in [0, 0.05) is 6.42 Å². The molecule has 1 saturated heterocycles. The first-order valence-corrected chi connectivity index (χ1v) is 12.8. The molecule has 1 saturated carbocycles. The summed E-state index contributed by atoms with van der Waals surface area (Å²) in [5, 5.41) is 0. The third-order valence-electron chi connectivity index (χ3n) is 5.49. The summed E-state index contributed by atoms with van der Waals surface area (Å²) in [5.74, 6) is 0.215. The molecule has 0 radical (unpaired) electrons. The largest absolute Gasteiger partial charge is 0.382 e. The van der Waals surface area contributed by atoms with E-state index in [0.29, 0.717) is 11.2 Å². The molecule has 14 heteroatoms. The second-order valence-corrected chi connectivity index (χ2v) is 12.9. The molecule has 2 aromatic heterocycles. The number of rotatable bonds is 7. The molecule has 166 valence electrons. The summed E-state index contributed by atoms with van der Waals surface area (Å²) < 4.78 is 43.8. The van der Waals surface area contributed by atoms with Gasteiger partial charge in [0.15, 0.2) is 11.5 Å². The maximum absolute atomic E-state index is 12.6. The minimum atomic E-state index is -4.03. The molecule has 1 aliphatic carbocycles. The third-order valence-corrected chi connectivity index (χ3v) is 9.24. The predicted molar refractivity (Wildman–Crippen MR) is 107 cm³/mol. The van der Waals surface area contributed by atoms with Gasteiger partial charge < -0.3 is 20.3 Å². The van der Waals surface area contributed by atoms with Crippen LogP contribution in [0.2, 0.25) is 0 Å². The van der Waals surface area contributed by atoms with Crippen molar-refractivity contribution in [1.29, 1.82) is 0 Å². The summed E-state index contributed by atoms with van der Waals surface area (Å²) in [7, 11) is -7.98. The van der Waals surface area contributed by atoms with Gasteiger partial charge in [0.05, 0.1) is 17.6 Å². The topological polar surface area (TPSA) is 172 Å². The van der Waals surface area contributed by atoms with Crippen LogP contribution in [-0.4, -0.2) is 58.4 Å². The van der Waals surface area contributed by atoms with E-state index in [4.69, 9.17) is 19.5 Å². The number of hydrogen-bond acceptors (Lipinski definition) is 9. The Balaban J connectivity index is 1.64. The highest BCUT2D eigenvalue weighted by molar-refractivity contribution is 7.54. The summed E-state index contributed by atoms with van der Waals surface area (Å²) in [6.45, 7) is 6.24. The zero-order valence-corrected chi connectivity index (χ0v) is 18.7. The van der Waals surface area contributed by atoms with Crippen molar-refractivity contribution in [2.45, 2.75) is 69.5 Å². The minimum absolute atomic E-state index is 0.104. The van der Waals surface area contributed by atoms with Crippen molar-refractivity contribution in [3.8, 4) is 0 Å². The van der Waals surface area contributed by atoms with Gasteiger partial charge in [-0.3, -0.25) is 22.7 Å². The van der Waals surface area contributed by atoms with Gasteiger partial charge in [-0.05, 0) is 0 Å². The number of nitrogens with two attached hydrogens (primary N) is 1. The third kappa shape index (κ3) is 3.40. The van der Waals surface area contributed by atoms with Gasteiger partial charge in [0.2, 0.25) is 0 Å². The van der Waals surface area contributed by atoms with E-state index < -0.39 is 50.5 Å². The van der Waals surface area contributed by atoms with Crippen LogP contribution in [0, 0.1) is 0 Å². The minimum Gasteiger partial charge on any atom is -0.382 e. The van der Waals surface area contributed by atoms with Crippen LogP contribution in [0.15, 0.2) is 12.7 Å². The van der Waals surface area contributed by atoms with Gasteiger partial charge in [-0.1, -0.05) is 27.7 Å². The predicted octanol–water partition coefficient (Wildman–Crippen LogP) is 2.04. The van der Waals surface area contributed by atoms with Gasteiger partial charge in [-0.15, -0.1) is 0 Å². The maximum atomic E-state index is 12.6. The van der Waals surface area contributed by atoms with Crippen LogP contribution in [0.1, 0.15) is 40.3 Å². The van der Waals surface area contributed by atoms with Gasteiger partial charge >= 0.3 is 15.2 Å². The monoisotopic (exact) mass is 461 g/mol. The highest BCUT2D eigenvalue weighted by atomic mass is 31.2. The van der Waals surface area contributed by atoms with Crippen molar-refractivity contribution in [3.63, 3.8) is 0 Å². The molecule has 1 aliphatic heterocycles. The molecule has 2 aliphatic rings. The number of fused-ring (bicyclic) bond motifs is 2. The van der Waals surface area contributed by atoms with Crippen LogP contribution in [0.4, 0.5) is 5.82 Å². The Morgan fingerprint density at radius 2 is 1.87 bits per heavy atom. The van der Waals surface area contributed by atoms with E-state index in [1.165, 1.54) is 12.7 Å². The number of aromatic nitrogens is 4. The normalized spacial score (nSPS) is 32.3. The molecule has 0 spiro atoms. The lowest BCUT2D eigenvalue weighted by Gasteiger charge is -2.25. The summed E-state index contributed by atoms with van der Waals surface area (Å²) in [6.07, 6.45) is 0.514. The molecule has 12 nitrogen and oxygen atoms in total. The van der Waals surface area contributed by atoms with E-state index in [9.17, 15) is 18.9 Å². The number of hydrogen-bond donors (Lipinski definition) is 3. The van der Waals surface area contributed by atoms with E-state index in [1.807, 2.05) is 0 Å². The molecular formula is C16H25N5O7P2. The molecule has 2 aromatic rings. The first kappa shape index (κ1) is 21.8. The lowest BCUT2D eigenvalue weighted by molar-refractivity contribution is -0.00730. The molecule has 3 heterocycles. The van der Waals surface area contributed by atoms with Crippen LogP contribution < -0.4 is 5.73 Å². The number of nitrogens with zero attached hydrogens (tertiary/aromatic N) is 4. The zero-order valence-electron chi connectivity index (χ0n) is 16.9. The zero-order chi connectivity index (χ0) is 22.1. The first-order chi connectivity index (χ1) is 13.9. The van der Waals surface area contributed by atoms with E-state index in [0.717, 1.165) is 0 Å². The Labute approximate surface area is 172 Å². The second-order valence-electron chi connectivity index (χ2n) is 8.19. The van der Waals surface area contributed by atoms with Gasteiger partial charge in [0.1, 0.15) is 35.9 Å². The van der Waals surface area contributed by atoms with E-state index in [2.05, 4.69) is 15.0 Å². The quantitative estimate of drug-likeness (QED) is 0.515. The Morgan fingerprint density at radius 1 is 1.20 bits per heavy atom. The van der Waals surface area contributed by atoms with Crippen LogP contribution in [0.25, 0.3) is 11.2 Å². The number of ether oxygens (including phenoxy) is 1. The van der Waals surface area contributed by atoms with Crippen LogP contribution in [-0.2, 0) is 22.9 Å². The molecule has 0 bridgehead atoms. The van der Waals surface area contributed by atoms with Crippen molar-refractivity contribution in [3.05, 3.63) is 12.7 Å². The SMILES string of the molecule is CC(C)P(=O)(O)OC1[C@H]2O[C@@H](n3cnc4c(N)ncnc43)C[C@@]12OP(=O)(O)C(C)C. The highest BCUT2D eigenvalue weighted by Crippen LogP contribution is 2.68. The molecule has 0 aromatic carbocycles. The molecule has 2 fully saturated rings. The van der Waals surface area contributed by atoms with Crippen molar-refractivity contribution in [2.75, 3.05) is 5.73 Å². The Kier molecular flexibility index (Phi) is 5.14. The van der Waals surface area contributed by atoms with Gasteiger partial charge in [-0.2, -0.15) is 0 Å². The van der Waals surface area contributed by atoms with Crippen LogP contribution in [0.3, 0.4) is 0 Å². The smallest absolute Gasteiger partial charge is 0.331 e. The fraction of sp³-hybridized carbons (Fsp3) is 0.688. The van der Waals surface area contributed by atoms with Crippen molar-refractivity contribution in [2.24, 2.45) is 0 Å². The van der Waals surface area contributed by atoms with Gasteiger partial charge in [-0.25, -0.2) is 15.0 Å². The van der Waals surface area contributed by atoms with Crippen molar-refractivity contribution in [1.82, 2.24) is 19.5 Å². The second kappa shape index (κ2) is 7.06. The Bertz CT molecular complexity index is 1080. The van der Waals surface area contributed by atoms with Crippen LogP contribution in [0.5, 0.6) is 0 Å². The number of imidazole rings is 1. The molecule has 4 rings (SSSR count). The maximum Gasteiger partial charge on any atom is 0.331 e. The molecule has 4 N–H and O–H groups in total. The first-order valence-electron chi connectivity index (χ1n) is 9.51. The Morgan fingerprint density at radius 3 is 2.50 bits per heavy atom. The summed E-state index contributed by atoms with van der Waals surface area (Å²) in [4.78, 5) is 32.8. The number of nitrogen functional groups attached to an aromatic ring is 1. The van der Waals surface area contributed by atoms with Crippen molar-refractivity contribution < 1.29 is 32.7 Å².